The molecule has 3 aromatic heterocycles. The number of aromatic amines is 1. The van der Waals surface area contributed by atoms with Gasteiger partial charge in [0.25, 0.3) is 0 Å². The minimum atomic E-state index is 0.520. The number of hydrogen-bond acceptors (Lipinski definition) is 3. The highest BCUT2D eigenvalue weighted by Gasteiger charge is 2.11. The fraction of sp³-hybridized carbons (Fsp3) is 0.500. The molecule has 3 aromatic rings. The maximum absolute atomic E-state index is 5.01. The molecule has 26 heavy (non-hydrogen) atoms. The standard InChI is InChI=1S/C8H13NO.C7H11N.C7H10O/c1-5(2)8-6(3)9-10-7(8)4;2*1-6(2)7-3-4-8-5-7/h5H,1-4H3;3-6,8H,1-2H3;3-6H,1-2H3. The Bertz CT molecular complexity index is 648. The van der Waals surface area contributed by atoms with Crippen LogP contribution in [0.25, 0.3) is 0 Å². The SMILES string of the molecule is CC(C)c1cc[nH]c1.CC(C)c1ccoc1.Cc1noc(C)c1C(C)C. The van der Waals surface area contributed by atoms with E-state index in [4.69, 9.17) is 8.94 Å². The molecule has 0 radical (unpaired) electrons. The Morgan fingerprint density at radius 1 is 0.885 bits per heavy atom. The molecule has 4 nitrogen and oxygen atoms in total. The zero-order valence-corrected chi connectivity index (χ0v) is 17.5. The fourth-order valence-corrected chi connectivity index (χ4v) is 2.61. The van der Waals surface area contributed by atoms with Crippen LogP contribution in [0.4, 0.5) is 0 Å². The van der Waals surface area contributed by atoms with Crippen molar-refractivity contribution in [3.63, 3.8) is 0 Å². The minimum Gasteiger partial charge on any atom is -0.472 e. The van der Waals surface area contributed by atoms with Gasteiger partial charge in [0.2, 0.25) is 0 Å². The number of hydrogen-bond donors (Lipinski definition) is 1. The second-order valence-electron chi connectivity index (χ2n) is 7.40. The van der Waals surface area contributed by atoms with Crippen LogP contribution in [0.15, 0.2) is 46.0 Å². The van der Waals surface area contributed by atoms with E-state index in [0.717, 1.165) is 11.5 Å². The molecule has 144 valence electrons. The average molecular weight is 359 g/mol. The zero-order chi connectivity index (χ0) is 19.7. The summed E-state index contributed by atoms with van der Waals surface area (Å²) in [6, 6.07) is 4.09. The van der Waals surface area contributed by atoms with E-state index in [1.54, 1.807) is 12.5 Å². The van der Waals surface area contributed by atoms with Crippen molar-refractivity contribution in [1.29, 1.82) is 0 Å². The quantitative estimate of drug-likeness (QED) is 0.551. The maximum Gasteiger partial charge on any atom is 0.137 e. The smallest absolute Gasteiger partial charge is 0.137 e. The molecule has 0 spiro atoms. The van der Waals surface area contributed by atoms with Crippen molar-refractivity contribution in [2.75, 3.05) is 0 Å². The van der Waals surface area contributed by atoms with Gasteiger partial charge in [-0.2, -0.15) is 0 Å². The molecule has 3 heterocycles. The molecule has 0 saturated carbocycles. The third kappa shape index (κ3) is 6.95. The summed E-state index contributed by atoms with van der Waals surface area (Å²) in [6.07, 6.45) is 7.47. The van der Waals surface area contributed by atoms with E-state index in [1.165, 1.54) is 16.7 Å². The first-order valence-electron chi connectivity index (χ1n) is 9.31. The van der Waals surface area contributed by atoms with Crippen LogP contribution in [-0.4, -0.2) is 10.1 Å². The average Bonchev–Trinajstić information content (AvgIpc) is 3.30. The predicted octanol–water partition coefficient (Wildman–Crippen LogP) is 6.96. The number of furan rings is 1. The molecular weight excluding hydrogens is 324 g/mol. The van der Waals surface area contributed by atoms with Gasteiger partial charge in [-0.15, -0.1) is 0 Å². The van der Waals surface area contributed by atoms with Crippen molar-refractivity contribution in [2.45, 2.75) is 73.1 Å². The van der Waals surface area contributed by atoms with E-state index in [1.807, 2.05) is 32.3 Å². The molecule has 3 rings (SSSR count). The van der Waals surface area contributed by atoms with Crippen LogP contribution in [0.5, 0.6) is 0 Å². The van der Waals surface area contributed by atoms with Crippen molar-refractivity contribution in [3.8, 4) is 0 Å². The van der Waals surface area contributed by atoms with Crippen LogP contribution in [0.1, 0.15) is 87.4 Å². The summed E-state index contributed by atoms with van der Waals surface area (Å²) in [5.41, 5.74) is 4.92. The van der Waals surface area contributed by atoms with E-state index < -0.39 is 0 Å². The number of nitrogens with one attached hydrogen (secondary N) is 1. The van der Waals surface area contributed by atoms with Gasteiger partial charge >= 0.3 is 0 Å². The molecule has 0 aliphatic carbocycles. The van der Waals surface area contributed by atoms with E-state index in [-0.39, 0.29) is 0 Å². The maximum atomic E-state index is 5.01. The lowest BCUT2D eigenvalue weighted by Gasteiger charge is -2.00. The molecule has 0 bridgehead atoms. The monoisotopic (exact) mass is 358 g/mol. The van der Waals surface area contributed by atoms with Crippen LogP contribution in [0, 0.1) is 13.8 Å². The van der Waals surface area contributed by atoms with Crippen molar-refractivity contribution in [1.82, 2.24) is 10.1 Å². The Morgan fingerprint density at radius 3 is 1.77 bits per heavy atom. The Kier molecular flexibility index (Phi) is 8.97. The molecule has 0 amide bonds. The Hall–Kier alpha value is -2.23. The number of aromatic nitrogens is 2. The Labute approximate surface area is 158 Å². The summed E-state index contributed by atoms with van der Waals surface area (Å²) < 4.78 is 9.88. The normalized spacial score (nSPS) is 10.6. The summed E-state index contributed by atoms with van der Waals surface area (Å²) in [5, 5.41) is 3.86. The van der Waals surface area contributed by atoms with Gasteiger partial charge in [-0.25, -0.2) is 0 Å². The van der Waals surface area contributed by atoms with Crippen LogP contribution >= 0.6 is 0 Å². The molecular formula is C22H34N2O2. The zero-order valence-electron chi connectivity index (χ0n) is 17.5. The first-order chi connectivity index (χ1) is 12.2. The number of aryl methyl sites for hydroxylation is 2. The fourth-order valence-electron chi connectivity index (χ4n) is 2.61. The second kappa shape index (κ2) is 10.7. The van der Waals surface area contributed by atoms with E-state index in [9.17, 15) is 0 Å². The third-order valence-corrected chi connectivity index (χ3v) is 4.16. The molecule has 0 atom stereocenters. The molecule has 0 aromatic carbocycles. The van der Waals surface area contributed by atoms with Crippen LogP contribution < -0.4 is 0 Å². The molecule has 0 aliphatic rings. The Morgan fingerprint density at radius 2 is 1.54 bits per heavy atom. The van der Waals surface area contributed by atoms with Gasteiger partial charge in [0.1, 0.15) is 5.76 Å². The summed E-state index contributed by atoms with van der Waals surface area (Å²) in [5.74, 6) is 2.72. The molecule has 0 saturated heterocycles. The Balaban J connectivity index is 0.000000197. The van der Waals surface area contributed by atoms with Gasteiger partial charge in [-0.05, 0) is 54.9 Å². The molecule has 0 aliphatic heterocycles. The molecule has 0 fully saturated rings. The lowest BCUT2D eigenvalue weighted by atomic mass is 10.0. The second-order valence-corrected chi connectivity index (χ2v) is 7.40. The number of H-pyrrole nitrogens is 1. The summed E-state index contributed by atoms with van der Waals surface area (Å²) in [4.78, 5) is 3.01. The first-order valence-corrected chi connectivity index (χ1v) is 9.31. The molecule has 4 heteroatoms. The lowest BCUT2D eigenvalue weighted by Crippen LogP contribution is -1.89. The third-order valence-electron chi connectivity index (χ3n) is 4.16. The van der Waals surface area contributed by atoms with Gasteiger partial charge in [0.15, 0.2) is 0 Å². The largest absolute Gasteiger partial charge is 0.472 e. The van der Waals surface area contributed by atoms with Crippen molar-refractivity contribution < 1.29 is 8.94 Å². The molecule has 1 N–H and O–H groups in total. The van der Waals surface area contributed by atoms with Crippen molar-refractivity contribution in [2.24, 2.45) is 0 Å². The minimum absolute atomic E-state index is 0.520. The van der Waals surface area contributed by atoms with E-state index in [2.05, 4.69) is 57.7 Å². The summed E-state index contributed by atoms with van der Waals surface area (Å²) >= 11 is 0. The summed E-state index contributed by atoms with van der Waals surface area (Å²) in [7, 11) is 0. The van der Waals surface area contributed by atoms with Gasteiger partial charge in [0, 0.05) is 18.0 Å². The predicted molar refractivity (Wildman–Crippen MR) is 108 cm³/mol. The number of rotatable bonds is 3. The van der Waals surface area contributed by atoms with Crippen molar-refractivity contribution >= 4 is 0 Å². The van der Waals surface area contributed by atoms with Gasteiger partial charge in [-0.3, -0.25) is 0 Å². The lowest BCUT2D eigenvalue weighted by molar-refractivity contribution is 0.392. The highest BCUT2D eigenvalue weighted by Crippen LogP contribution is 2.21. The topological polar surface area (TPSA) is 55.0 Å². The highest BCUT2D eigenvalue weighted by atomic mass is 16.5. The van der Waals surface area contributed by atoms with Gasteiger partial charge < -0.3 is 13.9 Å². The molecule has 0 unspecified atom stereocenters. The van der Waals surface area contributed by atoms with Gasteiger partial charge in [0.05, 0.1) is 18.2 Å². The van der Waals surface area contributed by atoms with Crippen LogP contribution in [-0.2, 0) is 0 Å². The summed E-state index contributed by atoms with van der Waals surface area (Å²) in [6.45, 7) is 16.9. The van der Waals surface area contributed by atoms with Crippen LogP contribution in [0.2, 0.25) is 0 Å². The first kappa shape index (κ1) is 21.8. The highest BCUT2D eigenvalue weighted by molar-refractivity contribution is 5.23. The van der Waals surface area contributed by atoms with Gasteiger partial charge in [-0.1, -0.05) is 46.7 Å². The van der Waals surface area contributed by atoms with E-state index in [0.29, 0.717) is 17.8 Å². The number of nitrogens with zero attached hydrogens (tertiary/aromatic N) is 1. The van der Waals surface area contributed by atoms with Crippen LogP contribution in [0.3, 0.4) is 0 Å². The van der Waals surface area contributed by atoms with E-state index >= 15 is 0 Å². The van der Waals surface area contributed by atoms with Crippen molar-refractivity contribution in [3.05, 3.63) is 65.2 Å².